The lowest BCUT2D eigenvalue weighted by atomic mass is 9.97. The van der Waals surface area contributed by atoms with E-state index in [0.29, 0.717) is 4.90 Å². The van der Waals surface area contributed by atoms with Crippen LogP contribution in [0.4, 0.5) is 5.69 Å². The van der Waals surface area contributed by atoms with E-state index in [0.717, 1.165) is 44.7 Å². The molecule has 0 unspecified atom stereocenters. The van der Waals surface area contributed by atoms with Gasteiger partial charge >= 0.3 is 0 Å². The van der Waals surface area contributed by atoms with Crippen molar-refractivity contribution in [2.75, 3.05) is 37.3 Å². The van der Waals surface area contributed by atoms with Gasteiger partial charge in [0.1, 0.15) is 0 Å². The first-order chi connectivity index (χ1) is 9.95. The predicted molar refractivity (Wildman–Crippen MR) is 81.1 cm³/mol. The van der Waals surface area contributed by atoms with Crippen molar-refractivity contribution >= 4 is 21.4 Å². The van der Waals surface area contributed by atoms with Gasteiger partial charge in [0.2, 0.25) is 5.91 Å². The third kappa shape index (κ3) is 2.90. The van der Waals surface area contributed by atoms with Gasteiger partial charge in [-0.05, 0) is 37.1 Å². The molecular formula is C15H20N2O3S. The number of nitrogens with zero attached hydrogens (tertiary/aromatic N) is 2. The fraction of sp³-hybridized carbons (Fsp3) is 0.533. The molecule has 2 saturated heterocycles. The van der Waals surface area contributed by atoms with Crippen LogP contribution in [-0.4, -0.2) is 51.7 Å². The summed E-state index contributed by atoms with van der Waals surface area (Å²) >= 11 is 0. The summed E-state index contributed by atoms with van der Waals surface area (Å²) in [7, 11) is -3.15. The Morgan fingerprint density at radius 3 is 2.19 bits per heavy atom. The fourth-order valence-electron chi connectivity index (χ4n) is 2.95. The summed E-state index contributed by atoms with van der Waals surface area (Å²) in [6, 6.07) is 6.88. The summed E-state index contributed by atoms with van der Waals surface area (Å²) in [5, 5.41) is 0. The second-order valence-electron chi connectivity index (χ2n) is 5.90. The predicted octanol–water partition coefficient (Wildman–Crippen LogP) is 1.15. The van der Waals surface area contributed by atoms with Crippen molar-refractivity contribution in [2.45, 2.75) is 17.7 Å². The van der Waals surface area contributed by atoms with Crippen LogP contribution < -0.4 is 4.90 Å². The molecule has 3 rings (SSSR count). The second-order valence-corrected chi connectivity index (χ2v) is 7.92. The second kappa shape index (κ2) is 5.33. The molecule has 5 nitrogen and oxygen atoms in total. The summed E-state index contributed by atoms with van der Waals surface area (Å²) in [4.78, 5) is 16.6. The Balaban J connectivity index is 1.60. The van der Waals surface area contributed by atoms with Crippen molar-refractivity contribution in [3.05, 3.63) is 24.3 Å². The lowest BCUT2D eigenvalue weighted by Crippen LogP contribution is -2.54. The Kier molecular flexibility index (Phi) is 3.65. The number of carbonyl (C=O) groups excluding carboxylic acids is 1. The van der Waals surface area contributed by atoms with Crippen molar-refractivity contribution in [3.63, 3.8) is 0 Å². The first-order valence-corrected chi connectivity index (χ1v) is 9.18. The number of rotatable bonds is 3. The van der Waals surface area contributed by atoms with Gasteiger partial charge in [-0.1, -0.05) is 0 Å². The van der Waals surface area contributed by atoms with Crippen LogP contribution in [-0.2, 0) is 14.6 Å². The standard InChI is InChI=1S/C15H20N2O3S/c1-21(19,20)14-6-4-13(5-7-14)17-10-12(11-17)15(18)16-8-2-3-9-16/h4-7,12H,2-3,8-11H2,1H3. The Bertz CT molecular complexity index is 627. The van der Waals surface area contributed by atoms with Gasteiger partial charge in [-0.3, -0.25) is 4.79 Å². The lowest BCUT2D eigenvalue weighted by molar-refractivity contribution is -0.135. The van der Waals surface area contributed by atoms with Gasteiger partial charge < -0.3 is 9.80 Å². The minimum Gasteiger partial charge on any atom is -0.370 e. The molecule has 114 valence electrons. The molecule has 0 atom stereocenters. The normalized spacial score (nSPS) is 19.7. The number of carbonyl (C=O) groups is 1. The van der Waals surface area contributed by atoms with E-state index in [-0.39, 0.29) is 11.8 Å². The molecule has 21 heavy (non-hydrogen) atoms. The van der Waals surface area contributed by atoms with Crippen molar-refractivity contribution in [1.82, 2.24) is 4.90 Å². The quantitative estimate of drug-likeness (QED) is 0.840. The highest BCUT2D eigenvalue weighted by molar-refractivity contribution is 7.90. The van der Waals surface area contributed by atoms with Gasteiger partial charge in [-0.2, -0.15) is 0 Å². The summed E-state index contributed by atoms with van der Waals surface area (Å²) in [5.41, 5.74) is 0.980. The van der Waals surface area contributed by atoms with Crippen molar-refractivity contribution in [1.29, 1.82) is 0 Å². The summed E-state index contributed by atoms with van der Waals surface area (Å²) in [6.45, 7) is 3.26. The maximum absolute atomic E-state index is 12.2. The number of hydrogen-bond donors (Lipinski definition) is 0. The van der Waals surface area contributed by atoms with Crippen LogP contribution in [0.1, 0.15) is 12.8 Å². The molecule has 0 saturated carbocycles. The largest absolute Gasteiger partial charge is 0.370 e. The molecule has 0 N–H and O–H groups in total. The zero-order chi connectivity index (χ0) is 15.0. The number of likely N-dealkylation sites (tertiary alicyclic amines) is 1. The number of amides is 1. The van der Waals surface area contributed by atoms with Gasteiger partial charge in [0.25, 0.3) is 0 Å². The Labute approximate surface area is 125 Å². The van der Waals surface area contributed by atoms with E-state index >= 15 is 0 Å². The molecule has 2 aliphatic rings. The van der Waals surface area contributed by atoms with Gasteiger partial charge in [0.15, 0.2) is 9.84 Å². The Hall–Kier alpha value is -1.56. The zero-order valence-electron chi connectivity index (χ0n) is 12.2. The molecule has 2 aliphatic heterocycles. The third-order valence-corrected chi connectivity index (χ3v) is 5.41. The van der Waals surface area contributed by atoms with Crippen LogP contribution in [0.5, 0.6) is 0 Å². The topological polar surface area (TPSA) is 57.7 Å². The van der Waals surface area contributed by atoms with E-state index in [1.807, 2.05) is 17.0 Å². The maximum Gasteiger partial charge on any atom is 0.229 e. The summed E-state index contributed by atoms with van der Waals surface area (Å²) in [5.74, 6) is 0.370. The van der Waals surface area contributed by atoms with E-state index in [4.69, 9.17) is 0 Å². The smallest absolute Gasteiger partial charge is 0.229 e. The number of benzene rings is 1. The average molecular weight is 308 g/mol. The molecule has 2 fully saturated rings. The highest BCUT2D eigenvalue weighted by atomic mass is 32.2. The van der Waals surface area contributed by atoms with Crippen LogP contribution in [0.15, 0.2) is 29.2 Å². The van der Waals surface area contributed by atoms with Gasteiger partial charge in [-0.15, -0.1) is 0 Å². The molecule has 0 radical (unpaired) electrons. The van der Waals surface area contributed by atoms with E-state index in [9.17, 15) is 13.2 Å². The van der Waals surface area contributed by atoms with E-state index in [1.54, 1.807) is 12.1 Å². The maximum atomic E-state index is 12.2. The molecule has 0 aliphatic carbocycles. The van der Waals surface area contributed by atoms with Crippen LogP contribution in [0.2, 0.25) is 0 Å². The number of sulfone groups is 1. The number of hydrogen-bond acceptors (Lipinski definition) is 4. The lowest BCUT2D eigenvalue weighted by Gasteiger charge is -2.41. The van der Waals surface area contributed by atoms with Crippen molar-refractivity contribution in [3.8, 4) is 0 Å². The molecule has 2 heterocycles. The SMILES string of the molecule is CS(=O)(=O)c1ccc(N2CC(C(=O)N3CCCC3)C2)cc1. The minimum absolute atomic E-state index is 0.0951. The van der Waals surface area contributed by atoms with Gasteiger partial charge in [0.05, 0.1) is 10.8 Å². The van der Waals surface area contributed by atoms with Crippen molar-refractivity contribution in [2.24, 2.45) is 5.92 Å². The van der Waals surface area contributed by atoms with Crippen LogP contribution in [0, 0.1) is 5.92 Å². The molecule has 6 heteroatoms. The monoisotopic (exact) mass is 308 g/mol. The van der Waals surface area contributed by atoms with E-state index in [1.165, 1.54) is 6.26 Å². The minimum atomic E-state index is -3.15. The van der Waals surface area contributed by atoms with E-state index in [2.05, 4.69) is 4.90 Å². The molecule has 0 aromatic heterocycles. The first kappa shape index (κ1) is 14.4. The van der Waals surface area contributed by atoms with Gasteiger partial charge in [-0.25, -0.2) is 8.42 Å². The number of anilines is 1. The average Bonchev–Trinajstić information content (AvgIpc) is 2.90. The first-order valence-electron chi connectivity index (χ1n) is 7.29. The molecule has 1 aromatic rings. The fourth-order valence-corrected chi connectivity index (χ4v) is 3.58. The molecule has 0 bridgehead atoms. The van der Waals surface area contributed by atoms with Crippen LogP contribution in [0.25, 0.3) is 0 Å². The van der Waals surface area contributed by atoms with E-state index < -0.39 is 9.84 Å². The van der Waals surface area contributed by atoms with Gasteiger partial charge in [0, 0.05) is 38.1 Å². The summed E-state index contributed by atoms with van der Waals surface area (Å²) < 4.78 is 22.8. The molecule has 1 aromatic carbocycles. The highest BCUT2D eigenvalue weighted by Gasteiger charge is 2.36. The molecular weight excluding hydrogens is 288 g/mol. The highest BCUT2D eigenvalue weighted by Crippen LogP contribution is 2.27. The van der Waals surface area contributed by atoms with Crippen molar-refractivity contribution < 1.29 is 13.2 Å². The Morgan fingerprint density at radius 1 is 1.10 bits per heavy atom. The zero-order valence-corrected chi connectivity index (χ0v) is 13.0. The molecule has 0 spiro atoms. The van der Waals surface area contributed by atoms with Crippen LogP contribution >= 0.6 is 0 Å². The van der Waals surface area contributed by atoms with Crippen LogP contribution in [0.3, 0.4) is 0 Å². The summed E-state index contributed by atoms with van der Waals surface area (Å²) in [6.07, 6.45) is 3.45. The molecule has 1 amide bonds. The third-order valence-electron chi connectivity index (χ3n) is 4.28. The Morgan fingerprint density at radius 2 is 1.67 bits per heavy atom.